The fourth-order valence-electron chi connectivity index (χ4n) is 4.90. The molecule has 0 heterocycles. The summed E-state index contributed by atoms with van der Waals surface area (Å²) in [6.45, 7) is 9.78. The Kier molecular flexibility index (Phi) is 7.34. The smallest absolute Gasteiger partial charge is 1.00 e. The molecule has 5 heteroatoms. The van der Waals surface area contributed by atoms with Crippen molar-refractivity contribution in [3.63, 3.8) is 0 Å². The van der Waals surface area contributed by atoms with Crippen molar-refractivity contribution in [2.24, 2.45) is 0 Å². The molecule has 1 aliphatic carbocycles. The fourth-order valence-corrected chi connectivity index (χ4v) is 50.7. The van der Waals surface area contributed by atoms with E-state index in [1.807, 2.05) is 0 Å². The molecule has 0 bridgehead atoms. The van der Waals surface area contributed by atoms with Crippen LogP contribution in [0.3, 0.4) is 0 Å². The van der Waals surface area contributed by atoms with Gasteiger partial charge in [-0.1, -0.05) is 0 Å². The molecule has 1 aromatic carbocycles. The van der Waals surface area contributed by atoms with E-state index in [-0.39, 0.29) is 30.4 Å². The molecule has 0 fully saturated rings. The van der Waals surface area contributed by atoms with E-state index in [0.717, 1.165) is 6.42 Å². The van der Waals surface area contributed by atoms with Crippen LogP contribution in [0.15, 0.2) is 54.3 Å². The summed E-state index contributed by atoms with van der Waals surface area (Å²) in [5, 5.41) is 1.62. The van der Waals surface area contributed by atoms with Gasteiger partial charge in [-0.15, -0.1) is 0 Å². The van der Waals surface area contributed by atoms with Gasteiger partial charge < -0.3 is 24.8 Å². The van der Waals surface area contributed by atoms with Gasteiger partial charge in [0.25, 0.3) is 0 Å². The molecule has 25 heavy (non-hydrogen) atoms. The maximum Gasteiger partial charge on any atom is -1.00 e. The van der Waals surface area contributed by atoms with E-state index in [1.54, 1.807) is 5.19 Å². The summed E-state index contributed by atoms with van der Waals surface area (Å²) < 4.78 is 13.7. The van der Waals surface area contributed by atoms with E-state index in [0.29, 0.717) is 0 Å². The minimum Gasteiger partial charge on any atom is -1.00 e. The molecule has 1 atom stereocenters. The van der Waals surface area contributed by atoms with Crippen molar-refractivity contribution < 1.29 is 41.3 Å². The second-order valence-corrected chi connectivity index (χ2v) is 82.4. The summed E-state index contributed by atoms with van der Waals surface area (Å²) >= 11 is -3.79. The summed E-state index contributed by atoms with van der Waals surface area (Å²) in [5.74, 6) is -1.15. The zero-order valence-corrected chi connectivity index (χ0v) is 23.4. The molecule has 1 aromatic rings. The molecule has 0 radical (unpaired) electrons. The Balaban J connectivity index is 0.00000288. The van der Waals surface area contributed by atoms with E-state index < -0.39 is 22.5 Å². The van der Waals surface area contributed by atoms with Crippen molar-refractivity contribution in [1.82, 2.24) is 2.89 Å². The Hall–Kier alpha value is 0.167. The normalized spacial score (nSPS) is 16.7. The van der Waals surface area contributed by atoms with Crippen molar-refractivity contribution in [1.29, 1.82) is 0 Å². The Morgan fingerprint density at radius 3 is 1.88 bits per heavy atom. The molecule has 0 saturated heterocycles. The molecule has 1 nitrogen and oxygen atoms in total. The Bertz CT molecular complexity index is 653. The van der Waals surface area contributed by atoms with Crippen molar-refractivity contribution in [2.45, 2.75) is 58.0 Å². The third-order valence-electron chi connectivity index (χ3n) is 5.96. The Morgan fingerprint density at radius 2 is 1.48 bits per heavy atom. The number of halogens is 2. The van der Waals surface area contributed by atoms with Crippen molar-refractivity contribution in [3.8, 4) is 0 Å². The topological polar surface area (TPSA) is 3.24 Å². The first-order valence-corrected chi connectivity index (χ1v) is 33.5. The molecule has 0 N–H and O–H groups in total. The van der Waals surface area contributed by atoms with Gasteiger partial charge >= 0.3 is 143 Å². The predicted molar refractivity (Wildman–Crippen MR) is 106 cm³/mol. The summed E-state index contributed by atoms with van der Waals surface area (Å²) in [4.78, 5) is 0. The first-order valence-electron chi connectivity index (χ1n) is 8.95. The van der Waals surface area contributed by atoms with E-state index >= 15 is 0 Å². The van der Waals surface area contributed by atoms with Crippen molar-refractivity contribution >= 4 is 11.2 Å². The van der Waals surface area contributed by atoms with Crippen LogP contribution in [0.2, 0.25) is 25.3 Å². The van der Waals surface area contributed by atoms with Crippen LogP contribution in [0.25, 0.3) is 0 Å². The van der Waals surface area contributed by atoms with Crippen LogP contribution < -0.4 is 30.0 Å². The molecular weight excluding hydrogens is 532 g/mol. The van der Waals surface area contributed by atoms with Crippen LogP contribution >= 0.6 is 0 Å². The SMILES string of the molecule is C[SiH](c1ccccc1)[Hf+2]([CH3])([CH3])([CH3])([CH3])[N](C1=CC=CC1)C(C)(C)C.[Cl-].[Cl-]. The van der Waals surface area contributed by atoms with Gasteiger partial charge in [-0.05, 0) is 0 Å². The van der Waals surface area contributed by atoms with Crippen LogP contribution in [0, 0.1) is 0 Å². The molecule has 0 aromatic heterocycles. The fraction of sp³-hybridized carbons (Fsp3) is 0.500. The van der Waals surface area contributed by atoms with Crippen LogP contribution in [0.5, 0.6) is 0 Å². The number of rotatable bonds is 4. The van der Waals surface area contributed by atoms with Gasteiger partial charge in [0.2, 0.25) is 0 Å². The number of hydrogen-bond acceptors (Lipinski definition) is 1. The maximum atomic E-state index is 2.92. The van der Waals surface area contributed by atoms with E-state index in [4.69, 9.17) is 0 Å². The third kappa shape index (κ3) is 4.91. The molecule has 142 valence electrons. The molecule has 2 rings (SSSR count). The van der Waals surface area contributed by atoms with Crippen molar-refractivity contribution in [3.05, 3.63) is 54.3 Å². The molecule has 0 amide bonds. The average molecular weight is 567 g/mol. The van der Waals surface area contributed by atoms with Crippen LogP contribution in [0.4, 0.5) is 0 Å². The third-order valence-corrected chi connectivity index (χ3v) is 69.2. The van der Waals surface area contributed by atoms with Crippen LogP contribution in [-0.4, -0.2) is 14.4 Å². The molecular formula is C20H35Cl2HfNSi. The second kappa shape index (κ2) is 7.29. The standard InChI is InChI=1S/C9H14N.C7H9Si.4CH3.2ClH.Hf/c1-9(2,3)10-8-6-4-5-7-8;1-8-7-5-3-2-4-6-7;;;;;;;/h4-6H,7H2,1-3H3;2-6,8H,1H3;4*1H3;2*1H;/q-1;;;;;;;;+3/p-2. The van der Waals surface area contributed by atoms with Crippen LogP contribution in [0.1, 0.15) is 27.2 Å². The van der Waals surface area contributed by atoms with E-state index in [9.17, 15) is 0 Å². The maximum absolute atomic E-state index is 3.79. The quantitative estimate of drug-likeness (QED) is 0.446. The van der Waals surface area contributed by atoms with Gasteiger partial charge in [-0.2, -0.15) is 0 Å². The number of allylic oxidation sites excluding steroid dienone is 3. The largest absolute Gasteiger partial charge is 1.00 e. The molecule has 0 saturated carbocycles. The number of nitrogens with zero attached hydrogens (tertiary/aromatic N) is 1. The number of benzene rings is 1. The van der Waals surface area contributed by atoms with Gasteiger partial charge in [0.05, 0.1) is 0 Å². The zero-order valence-electron chi connectivity index (χ0n) is 17.1. The van der Waals surface area contributed by atoms with E-state index in [2.05, 4.69) is 97.5 Å². The predicted octanol–water partition coefficient (Wildman–Crippen LogP) is -0.468. The molecule has 1 unspecified atom stereocenters. The summed E-state index contributed by atoms with van der Waals surface area (Å²) in [7, 11) is 0. The molecule has 0 spiro atoms. The van der Waals surface area contributed by atoms with Crippen LogP contribution in [-0.2, 0) is 16.5 Å². The summed E-state index contributed by atoms with van der Waals surface area (Å²) in [6, 6.07) is 11.3. The molecule has 1 aliphatic rings. The Labute approximate surface area is 166 Å². The first kappa shape index (κ1) is 25.2. The molecule has 0 aliphatic heterocycles. The Morgan fingerprint density at radius 1 is 0.960 bits per heavy atom. The minimum atomic E-state index is -3.79. The zero-order chi connectivity index (χ0) is 17.6. The average Bonchev–Trinajstić information content (AvgIpc) is 2.88. The van der Waals surface area contributed by atoms with Gasteiger partial charge in [0, 0.05) is 0 Å². The summed E-state index contributed by atoms with van der Waals surface area (Å²) in [6.07, 6.45) is 7.98. The minimum absolute atomic E-state index is 0. The summed E-state index contributed by atoms with van der Waals surface area (Å²) in [5.41, 5.74) is 1.69. The van der Waals surface area contributed by atoms with Gasteiger partial charge in [-0.3, -0.25) is 0 Å². The van der Waals surface area contributed by atoms with Gasteiger partial charge in [-0.25, -0.2) is 0 Å². The van der Waals surface area contributed by atoms with Gasteiger partial charge in [0.15, 0.2) is 0 Å². The first-order chi connectivity index (χ1) is 10.3. The van der Waals surface area contributed by atoms with Crippen molar-refractivity contribution in [2.75, 3.05) is 0 Å². The van der Waals surface area contributed by atoms with E-state index in [1.165, 1.54) is 5.70 Å². The number of hydrogen-bond donors (Lipinski definition) is 0. The second-order valence-electron chi connectivity index (χ2n) is 11.1. The monoisotopic (exact) mass is 567 g/mol. The van der Waals surface area contributed by atoms with Gasteiger partial charge in [0.1, 0.15) is 0 Å².